The molecule has 0 spiro atoms. The summed E-state index contributed by atoms with van der Waals surface area (Å²) in [5.41, 5.74) is 8.90. The minimum absolute atomic E-state index is 0.522. The van der Waals surface area contributed by atoms with E-state index in [2.05, 4.69) is 30.2 Å². The summed E-state index contributed by atoms with van der Waals surface area (Å²) < 4.78 is 0. The van der Waals surface area contributed by atoms with Crippen LogP contribution in [-0.2, 0) is 0 Å². The van der Waals surface area contributed by atoms with E-state index in [1.165, 1.54) is 32.1 Å². The quantitative estimate of drug-likeness (QED) is 0.724. The number of nitrogens with one attached hydrogen (secondary N) is 1. The van der Waals surface area contributed by atoms with Gasteiger partial charge in [-0.2, -0.15) is 0 Å². The number of pyridine rings is 1. The van der Waals surface area contributed by atoms with E-state index in [9.17, 15) is 0 Å². The van der Waals surface area contributed by atoms with Gasteiger partial charge in [0, 0.05) is 23.3 Å². The first-order valence-electron chi connectivity index (χ1n) is 7.66. The van der Waals surface area contributed by atoms with Crippen LogP contribution in [0.15, 0.2) is 30.5 Å². The van der Waals surface area contributed by atoms with E-state index in [4.69, 9.17) is 5.73 Å². The molecule has 0 saturated heterocycles. The second-order valence-corrected chi connectivity index (χ2v) is 5.37. The molecular formula is C17H25N3. The maximum atomic E-state index is 6.03. The minimum atomic E-state index is 0.522. The van der Waals surface area contributed by atoms with Crippen LogP contribution in [0, 0.1) is 0 Å². The standard InChI is InChI=1S/C17H25N3/c1-3-5-8-13(7-4-2)20-16-11-10-15(18)14-9-6-12-19-17(14)16/h6,9-13,20H,3-5,7-8,18H2,1-2H3. The number of anilines is 2. The SMILES string of the molecule is CCCCC(CCC)Nc1ccc(N)c2cccnc12. The van der Waals surface area contributed by atoms with Crippen molar-refractivity contribution in [2.24, 2.45) is 0 Å². The predicted octanol–water partition coefficient (Wildman–Crippen LogP) is 4.59. The summed E-state index contributed by atoms with van der Waals surface area (Å²) >= 11 is 0. The summed E-state index contributed by atoms with van der Waals surface area (Å²) in [6.45, 7) is 4.48. The van der Waals surface area contributed by atoms with E-state index in [0.717, 1.165) is 22.3 Å². The third kappa shape index (κ3) is 3.41. The molecule has 0 bridgehead atoms. The maximum absolute atomic E-state index is 6.03. The van der Waals surface area contributed by atoms with Crippen LogP contribution in [0.4, 0.5) is 11.4 Å². The molecule has 0 saturated carbocycles. The zero-order valence-corrected chi connectivity index (χ0v) is 12.5. The van der Waals surface area contributed by atoms with Crippen LogP contribution in [-0.4, -0.2) is 11.0 Å². The molecule has 3 heteroatoms. The van der Waals surface area contributed by atoms with Crippen LogP contribution in [0.3, 0.4) is 0 Å². The Morgan fingerprint density at radius 1 is 1.15 bits per heavy atom. The van der Waals surface area contributed by atoms with E-state index in [-0.39, 0.29) is 0 Å². The van der Waals surface area contributed by atoms with E-state index in [1.807, 2.05) is 24.4 Å². The van der Waals surface area contributed by atoms with Crippen molar-refractivity contribution in [1.29, 1.82) is 0 Å². The fraction of sp³-hybridized carbons (Fsp3) is 0.471. The maximum Gasteiger partial charge on any atom is 0.0953 e. The molecule has 0 radical (unpaired) electrons. The monoisotopic (exact) mass is 271 g/mol. The fourth-order valence-corrected chi connectivity index (χ4v) is 2.62. The van der Waals surface area contributed by atoms with Gasteiger partial charge < -0.3 is 11.1 Å². The first-order chi connectivity index (χ1) is 9.76. The molecule has 0 aliphatic rings. The highest BCUT2D eigenvalue weighted by Gasteiger charge is 2.10. The molecule has 108 valence electrons. The molecule has 1 unspecified atom stereocenters. The number of nitrogen functional groups attached to an aromatic ring is 1. The number of nitrogens with two attached hydrogens (primary N) is 1. The Kier molecular flexibility index (Phi) is 5.22. The van der Waals surface area contributed by atoms with Crippen LogP contribution in [0.25, 0.3) is 10.9 Å². The second-order valence-electron chi connectivity index (χ2n) is 5.37. The van der Waals surface area contributed by atoms with Gasteiger partial charge in [0.1, 0.15) is 0 Å². The summed E-state index contributed by atoms with van der Waals surface area (Å²) in [7, 11) is 0. The smallest absolute Gasteiger partial charge is 0.0953 e. The first-order valence-corrected chi connectivity index (χ1v) is 7.66. The van der Waals surface area contributed by atoms with Gasteiger partial charge in [0.25, 0.3) is 0 Å². The average molecular weight is 271 g/mol. The van der Waals surface area contributed by atoms with E-state index in [0.29, 0.717) is 6.04 Å². The van der Waals surface area contributed by atoms with Crippen molar-refractivity contribution in [2.75, 3.05) is 11.1 Å². The van der Waals surface area contributed by atoms with Gasteiger partial charge in [-0.15, -0.1) is 0 Å². The van der Waals surface area contributed by atoms with Gasteiger partial charge in [0.05, 0.1) is 11.2 Å². The molecule has 1 heterocycles. The highest BCUT2D eigenvalue weighted by Crippen LogP contribution is 2.27. The lowest BCUT2D eigenvalue weighted by molar-refractivity contribution is 0.565. The van der Waals surface area contributed by atoms with Crippen molar-refractivity contribution in [1.82, 2.24) is 4.98 Å². The molecule has 1 atom stereocenters. The van der Waals surface area contributed by atoms with Crippen LogP contribution in [0.2, 0.25) is 0 Å². The van der Waals surface area contributed by atoms with Crippen molar-refractivity contribution in [3.63, 3.8) is 0 Å². The van der Waals surface area contributed by atoms with Crippen LogP contribution in [0.1, 0.15) is 46.0 Å². The van der Waals surface area contributed by atoms with Gasteiger partial charge in [-0.1, -0.05) is 33.1 Å². The highest BCUT2D eigenvalue weighted by molar-refractivity contribution is 5.98. The lowest BCUT2D eigenvalue weighted by Crippen LogP contribution is -2.19. The fourth-order valence-electron chi connectivity index (χ4n) is 2.62. The van der Waals surface area contributed by atoms with Crippen LogP contribution >= 0.6 is 0 Å². The van der Waals surface area contributed by atoms with E-state index >= 15 is 0 Å². The largest absolute Gasteiger partial charge is 0.398 e. The summed E-state index contributed by atoms with van der Waals surface area (Å²) in [6, 6.07) is 8.51. The Labute approximate surface area is 121 Å². The second kappa shape index (κ2) is 7.13. The Bertz CT molecular complexity index is 551. The average Bonchev–Trinajstić information content (AvgIpc) is 2.48. The van der Waals surface area contributed by atoms with Gasteiger partial charge >= 0.3 is 0 Å². The molecule has 1 aromatic carbocycles. The molecule has 0 aliphatic carbocycles. The zero-order chi connectivity index (χ0) is 14.4. The molecule has 0 fully saturated rings. The number of benzene rings is 1. The summed E-state index contributed by atoms with van der Waals surface area (Å²) in [6.07, 6.45) is 7.93. The van der Waals surface area contributed by atoms with Gasteiger partial charge in [0.2, 0.25) is 0 Å². The van der Waals surface area contributed by atoms with Gasteiger partial charge in [-0.05, 0) is 37.1 Å². The van der Waals surface area contributed by atoms with E-state index in [1.54, 1.807) is 0 Å². The topological polar surface area (TPSA) is 50.9 Å². The Balaban J connectivity index is 2.25. The van der Waals surface area contributed by atoms with Gasteiger partial charge in [0.15, 0.2) is 0 Å². The van der Waals surface area contributed by atoms with Gasteiger partial charge in [-0.3, -0.25) is 4.98 Å². The number of hydrogen-bond donors (Lipinski definition) is 2. The lowest BCUT2D eigenvalue weighted by atomic mass is 10.0. The summed E-state index contributed by atoms with van der Waals surface area (Å²) in [5, 5.41) is 4.70. The molecule has 2 aromatic rings. The predicted molar refractivity (Wildman–Crippen MR) is 88.0 cm³/mol. The molecule has 3 nitrogen and oxygen atoms in total. The molecule has 0 amide bonds. The summed E-state index contributed by atoms with van der Waals surface area (Å²) in [5.74, 6) is 0. The van der Waals surface area contributed by atoms with Gasteiger partial charge in [-0.25, -0.2) is 0 Å². The number of hydrogen-bond acceptors (Lipinski definition) is 3. The Morgan fingerprint density at radius 3 is 2.75 bits per heavy atom. The van der Waals surface area contributed by atoms with E-state index < -0.39 is 0 Å². The van der Waals surface area contributed by atoms with Crippen molar-refractivity contribution in [3.8, 4) is 0 Å². The summed E-state index contributed by atoms with van der Waals surface area (Å²) in [4.78, 5) is 4.49. The van der Waals surface area contributed by atoms with Crippen LogP contribution in [0.5, 0.6) is 0 Å². The normalized spacial score (nSPS) is 12.5. The van der Waals surface area contributed by atoms with Crippen molar-refractivity contribution in [3.05, 3.63) is 30.5 Å². The van der Waals surface area contributed by atoms with Crippen molar-refractivity contribution >= 4 is 22.3 Å². The highest BCUT2D eigenvalue weighted by atomic mass is 14.9. The molecular weight excluding hydrogens is 246 g/mol. The number of nitrogens with zero attached hydrogens (tertiary/aromatic N) is 1. The third-order valence-corrected chi connectivity index (χ3v) is 3.71. The molecule has 2 rings (SSSR count). The molecule has 1 aromatic heterocycles. The third-order valence-electron chi connectivity index (χ3n) is 3.71. The molecule has 3 N–H and O–H groups in total. The lowest BCUT2D eigenvalue weighted by Gasteiger charge is -2.20. The molecule has 20 heavy (non-hydrogen) atoms. The minimum Gasteiger partial charge on any atom is -0.398 e. The zero-order valence-electron chi connectivity index (χ0n) is 12.5. The Morgan fingerprint density at radius 2 is 2.00 bits per heavy atom. The Hall–Kier alpha value is -1.77. The number of rotatable bonds is 7. The van der Waals surface area contributed by atoms with Crippen molar-refractivity contribution in [2.45, 2.75) is 52.0 Å². The van der Waals surface area contributed by atoms with Crippen molar-refractivity contribution < 1.29 is 0 Å². The number of unbranched alkanes of at least 4 members (excludes halogenated alkanes) is 1. The number of fused-ring (bicyclic) bond motifs is 1. The first kappa shape index (κ1) is 14.6. The molecule has 0 aliphatic heterocycles. The van der Waals surface area contributed by atoms with Crippen LogP contribution < -0.4 is 11.1 Å². The number of aromatic nitrogens is 1.